The van der Waals surface area contributed by atoms with Crippen LogP contribution in [0.15, 0.2) is 29.2 Å². The summed E-state index contributed by atoms with van der Waals surface area (Å²) in [5.41, 5.74) is 1.08. The minimum Gasteiger partial charge on any atom is -0.313 e. The average molecular weight is 268 g/mol. The van der Waals surface area contributed by atoms with Gasteiger partial charge in [-0.1, -0.05) is 18.6 Å². The highest BCUT2D eigenvalue weighted by Gasteiger charge is 2.24. The van der Waals surface area contributed by atoms with Gasteiger partial charge in [-0.2, -0.15) is 0 Å². The van der Waals surface area contributed by atoms with E-state index >= 15 is 0 Å². The van der Waals surface area contributed by atoms with Crippen molar-refractivity contribution < 1.29 is 8.42 Å². The van der Waals surface area contributed by atoms with Gasteiger partial charge in [0, 0.05) is 12.1 Å². The minimum absolute atomic E-state index is 0.130. The predicted octanol–water partition coefficient (Wildman–Crippen LogP) is 1.80. The third-order valence-electron chi connectivity index (χ3n) is 3.55. The molecule has 0 spiro atoms. The molecule has 1 aromatic carbocycles. The van der Waals surface area contributed by atoms with E-state index in [4.69, 9.17) is 0 Å². The van der Waals surface area contributed by atoms with Crippen LogP contribution < -0.4 is 10.0 Å². The molecule has 0 bridgehead atoms. The van der Waals surface area contributed by atoms with Crippen molar-refractivity contribution in [1.29, 1.82) is 0 Å². The molecule has 0 amide bonds. The van der Waals surface area contributed by atoms with Crippen LogP contribution in [-0.4, -0.2) is 21.5 Å². The predicted molar refractivity (Wildman–Crippen MR) is 71.9 cm³/mol. The molecule has 18 heavy (non-hydrogen) atoms. The van der Waals surface area contributed by atoms with E-state index < -0.39 is 10.0 Å². The normalized spacial score (nSPS) is 18.3. The Morgan fingerprint density at radius 1 is 1.22 bits per heavy atom. The van der Waals surface area contributed by atoms with E-state index in [1.54, 1.807) is 12.1 Å². The summed E-state index contributed by atoms with van der Waals surface area (Å²) in [6, 6.07) is 7.41. The zero-order valence-corrected chi connectivity index (χ0v) is 11.6. The molecule has 0 saturated heterocycles. The van der Waals surface area contributed by atoms with Crippen molar-refractivity contribution >= 4 is 10.0 Å². The summed E-state index contributed by atoms with van der Waals surface area (Å²) in [4.78, 5) is 0.349. The second-order valence-corrected chi connectivity index (χ2v) is 6.54. The quantitative estimate of drug-likeness (QED) is 0.856. The van der Waals surface area contributed by atoms with Crippen molar-refractivity contribution in [2.45, 2.75) is 43.2 Å². The highest BCUT2D eigenvalue weighted by Crippen LogP contribution is 2.22. The lowest BCUT2D eigenvalue weighted by Gasteiger charge is -2.26. The maximum absolute atomic E-state index is 12.1. The van der Waals surface area contributed by atoms with Crippen molar-refractivity contribution in [3.63, 3.8) is 0 Å². The van der Waals surface area contributed by atoms with Crippen molar-refractivity contribution in [2.24, 2.45) is 0 Å². The lowest BCUT2D eigenvalue weighted by atomic mass is 9.94. The Bertz CT molecular complexity index is 492. The molecule has 0 aliphatic heterocycles. The summed E-state index contributed by atoms with van der Waals surface area (Å²) in [6.45, 7) is 2.04. The van der Waals surface area contributed by atoms with Gasteiger partial charge < -0.3 is 5.32 Å². The van der Waals surface area contributed by atoms with Gasteiger partial charge >= 0.3 is 0 Å². The fourth-order valence-corrected chi connectivity index (χ4v) is 3.22. The molecule has 1 aliphatic rings. The van der Waals surface area contributed by atoms with E-state index in [0.29, 0.717) is 4.90 Å². The fraction of sp³-hybridized carbons (Fsp3) is 0.538. The van der Waals surface area contributed by atoms with Crippen LogP contribution >= 0.6 is 0 Å². The molecule has 2 rings (SSSR count). The van der Waals surface area contributed by atoms with Crippen LogP contribution in [0.3, 0.4) is 0 Å². The Morgan fingerprint density at radius 2 is 1.83 bits per heavy atom. The van der Waals surface area contributed by atoms with Gasteiger partial charge in [-0.15, -0.1) is 0 Å². The topological polar surface area (TPSA) is 58.2 Å². The molecule has 1 fully saturated rings. The first-order chi connectivity index (χ1) is 8.53. The standard InChI is InChI=1S/C13H20N2O2S/c1-10(14-2)11-6-8-13(9-7-11)18(16,17)15-12-4-3-5-12/h6-10,12,14-15H,3-5H2,1-2H3. The van der Waals surface area contributed by atoms with Gasteiger partial charge in [-0.3, -0.25) is 0 Å². The van der Waals surface area contributed by atoms with E-state index in [0.717, 1.165) is 24.8 Å². The van der Waals surface area contributed by atoms with Gasteiger partial charge in [0.25, 0.3) is 0 Å². The Labute approximate surface area is 109 Å². The lowest BCUT2D eigenvalue weighted by molar-refractivity contribution is 0.383. The van der Waals surface area contributed by atoms with Crippen molar-refractivity contribution in [3.8, 4) is 0 Å². The summed E-state index contributed by atoms with van der Waals surface area (Å²) in [5, 5.41) is 3.12. The summed E-state index contributed by atoms with van der Waals surface area (Å²) < 4.78 is 26.8. The Balaban J connectivity index is 2.12. The number of sulfonamides is 1. The monoisotopic (exact) mass is 268 g/mol. The van der Waals surface area contributed by atoms with Crippen molar-refractivity contribution in [3.05, 3.63) is 29.8 Å². The number of hydrogen-bond acceptors (Lipinski definition) is 3. The fourth-order valence-electron chi connectivity index (χ4n) is 1.92. The van der Waals surface area contributed by atoms with Gasteiger partial charge in [-0.25, -0.2) is 13.1 Å². The van der Waals surface area contributed by atoms with E-state index in [9.17, 15) is 8.42 Å². The molecule has 0 aromatic heterocycles. The van der Waals surface area contributed by atoms with E-state index in [1.807, 2.05) is 26.1 Å². The molecule has 0 heterocycles. The number of rotatable bonds is 5. The van der Waals surface area contributed by atoms with Gasteiger partial charge in [0.05, 0.1) is 4.90 Å². The molecule has 1 unspecified atom stereocenters. The average Bonchev–Trinajstić information content (AvgIpc) is 2.33. The number of benzene rings is 1. The summed E-state index contributed by atoms with van der Waals surface area (Å²) in [7, 11) is -1.46. The zero-order chi connectivity index (χ0) is 13.2. The van der Waals surface area contributed by atoms with Crippen LogP contribution in [0.25, 0.3) is 0 Å². The second kappa shape index (κ2) is 5.38. The first kappa shape index (κ1) is 13.5. The van der Waals surface area contributed by atoms with Crippen molar-refractivity contribution in [2.75, 3.05) is 7.05 Å². The molecule has 1 atom stereocenters. The third kappa shape index (κ3) is 2.91. The molecule has 5 heteroatoms. The molecule has 100 valence electrons. The van der Waals surface area contributed by atoms with E-state index in [-0.39, 0.29) is 12.1 Å². The molecule has 1 aliphatic carbocycles. The molecule has 1 aromatic rings. The van der Waals surface area contributed by atoms with E-state index in [2.05, 4.69) is 10.0 Å². The molecular weight excluding hydrogens is 248 g/mol. The molecule has 1 saturated carbocycles. The molecule has 4 nitrogen and oxygen atoms in total. The van der Waals surface area contributed by atoms with Gasteiger partial charge in [-0.05, 0) is 44.5 Å². The summed E-state index contributed by atoms with van der Waals surface area (Å²) in [6.07, 6.45) is 3.02. The smallest absolute Gasteiger partial charge is 0.240 e. The van der Waals surface area contributed by atoms with Gasteiger partial charge in [0.2, 0.25) is 10.0 Å². The largest absolute Gasteiger partial charge is 0.313 e. The van der Waals surface area contributed by atoms with Crippen LogP contribution in [0, 0.1) is 0 Å². The van der Waals surface area contributed by atoms with Crippen LogP contribution in [0.4, 0.5) is 0 Å². The first-order valence-corrected chi connectivity index (χ1v) is 7.81. The Hall–Kier alpha value is -0.910. The van der Waals surface area contributed by atoms with Gasteiger partial charge in [0.15, 0.2) is 0 Å². The number of hydrogen-bond donors (Lipinski definition) is 2. The summed E-state index contributed by atoms with van der Waals surface area (Å²) in [5.74, 6) is 0. The first-order valence-electron chi connectivity index (χ1n) is 6.32. The molecular formula is C13H20N2O2S. The highest BCUT2D eigenvalue weighted by molar-refractivity contribution is 7.89. The third-order valence-corrected chi connectivity index (χ3v) is 5.09. The molecule has 0 radical (unpaired) electrons. The maximum Gasteiger partial charge on any atom is 0.240 e. The second-order valence-electron chi connectivity index (χ2n) is 4.83. The summed E-state index contributed by atoms with van der Waals surface area (Å²) >= 11 is 0. The Kier molecular flexibility index (Phi) is 4.04. The zero-order valence-electron chi connectivity index (χ0n) is 10.8. The minimum atomic E-state index is -3.34. The lowest BCUT2D eigenvalue weighted by Crippen LogP contribution is -2.39. The van der Waals surface area contributed by atoms with E-state index in [1.165, 1.54) is 0 Å². The Morgan fingerprint density at radius 3 is 2.28 bits per heavy atom. The van der Waals surface area contributed by atoms with Crippen LogP contribution in [-0.2, 0) is 10.0 Å². The van der Waals surface area contributed by atoms with Crippen LogP contribution in [0.5, 0.6) is 0 Å². The maximum atomic E-state index is 12.1. The number of nitrogens with one attached hydrogen (secondary N) is 2. The van der Waals surface area contributed by atoms with Gasteiger partial charge in [0.1, 0.15) is 0 Å². The highest BCUT2D eigenvalue weighted by atomic mass is 32.2. The molecule has 2 N–H and O–H groups in total. The SMILES string of the molecule is CNC(C)c1ccc(S(=O)(=O)NC2CCC2)cc1. The van der Waals surface area contributed by atoms with Crippen molar-refractivity contribution in [1.82, 2.24) is 10.0 Å². The van der Waals surface area contributed by atoms with Crippen LogP contribution in [0.2, 0.25) is 0 Å². The van der Waals surface area contributed by atoms with Crippen LogP contribution in [0.1, 0.15) is 37.8 Å².